The fourth-order valence-corrected chi connectivity index (χ4v) is 5.72. The van der Waals surface area contributed by atoms with Gasteiger partial charge in [0.1, 0.15) is 11.9 Å². The van der Waals surface area contributed by atoms with Crippen molar-refractivity contribution in [1.29, 1.82) is 0 Å². The van der Waals surface area contributed by atoms with Gasteiger partial charge in [0.2, 0.25) is 5.28 Å². The van der Waals surface area contributed by atoms with Crippen molar-refractivity contribution < 1.29 is 9.47 Å². The van der Waals surface area contributed by atoms with Crippen molar-refractivity contribution in [3.63, 3.8) is 0 Å². The highest BCUT2D eigenvalue weighted by Gasteiger charge is 2.54. The summed E-state index contributed by atoms with van der Waals surface area (Å²) in [4.78, 5) is 13.5. The van der Waals surface area contributed by atoms with Crippen molar-refractivity contribution in [2.75, 3.05) is 44.3 Å². The van der Waals surface area contributed by atoms with Crippen LogP contribution < -0.4 is 9.64 Å². The van der Waals surface area contributed by atoms with E-state index in [9.17, 15) is 0 Å². The minimum absolute atomic E-state index is 0.119. The minimum atomic E-state index is 0.119. The zero-order valence-corrected chi connectivity index (χ0v) is 17.9. The van der Waals surface area contributed by atoms with Crippen molar-refractivity contribution in [2.45, 2.75) is 31.4 Å². The van der Waals surface area contributed by atoms with Gasteiger partial charge in [-0.25, -0.2) is 0 Å². The van der Waals surface area contributed by atoms with Gasteiger partial charge in [0.25, 0.3) is 0 Å². The average Bonchev–Trinajstić information content (AvgIpc) is 2.70. The normalized spacial score (nSPS) is 25.3. The van der Waals surface area contributed by atoms with E-state index in [0.717, 1.165) is 70.1 Å². The highest BCUT2D eigenvalue weighted by molar-refractivity contribution is 6.32. The van der Waals surface area contributed by atoms with E-state index in [2.05, 4.69) is 30.0 Å². The Morgan fingerprint density at radius 2 is 2.03 bits per heavy atom. The Bertz CT molecular complexity index is 978. The van der Waals surface area contributed by atoms with Crippen molar-refractivity contribution >= 4 is 29.0 Å². The summed E-state index contributed by atoms with van der Waals surface area (Å²) in [7, 11) is 0. The van der Waals surface area contributed by atoms with Gasteiger partial charge in [-0.15, -0.1) is 10.2 Å². The molecule has 3 fully saturated rings. The summed E-state index contributed by atoms with van der Waals surface area (Å²) in [5, 5.41) is 7.95. The highest BCUT2D eigenvalue weighted by Crippen LogP contribution is 2.52. The third-order valence-electron chi connectivity index (χ3n) is 6.81. The Morgan fingerprint density at radius 3 is 2.90 bits per heavy atom. The summed E-state index contributed by atoms with van der Waals surface area (Å²) >= 11 is 12.0. The first kappa shape index (κ1) is 19.0. The van der Waals surface area contributed by atoms with Crippen LogP contribution in [0.15, 0.2) is 12.3 Å². The molecule has 5 heterocycles. The molecule has 1 atom stereocenters. The predicted octanol–water partition coefficient (Wildman–Crippen LogP) is 2.55. The Balaban J connectivity index is 1.12. The quantitative estimate of drug-likeness (QED) is 0.708. The molecule has 1 aliphatic carbocycles. The van der Waals surface area contributed by atoms with Crippen LogP contribution in [0.3, 0.4) is 0 Å². The SMILES string of the molecule is Clc1nnc(Cl)c(N2CC3(CC(Oc4ccnc5c4C4COCCN4CC5)C3)C2)n1. The maximum atomic E-state index is 6.49. The van der Waals surface area contributed by atoms with Crippen LogP contribution in [0.5, 0.6) is 5.75 Å². The molecule has 2 aromatic rings. The number of rotatable bonds is 3. The first-order chi connectivity index (χ1) is 14.6. The number of halogens is 2. The van der Waals surface area contributed by atoms with E-state index in [1.807, 2.05) is 12.3 Å². The lowest BCUT2D eigenvalue weighted by molar-refractivity contribution is -0.0398. The Hall–Kier alpha value is -1.74. The van der Waals surface area contributed by atoms with Crippen molar-refractivity contribution in [3.8, 4) is 5.75 Å². The van der Waals surface area contributed by atoms with Crippen LogP contribution in [0.4, 0.5) is 5.82 Å². The lowest BCUT2D eigenvalue weighted by Crippen LogP contribution is -2.65. The molecule has 8 nitrogen and oxygen atoms in total. The van der Waals surface area contributed by atoms with Crippen LogP contribution in [-0.4, -0.2) is 70.6 Å². The number of hydrogen-bond donors (Lipinski definition) is 0. The maximum absolute atomic E-state index is 6.49. The van der Waals surface area contributed by atoms with E-state index >= 15 is 0 Å². The van der Waals surface area contributed by atoms with Crippen LogP contribution in [0.25, 0.3) is 0 Å². The van der Waals surface area contributed by atoms with Gasteiger partial charge in [0, 0.05) is 49.8 Å². The number of nitrogens with zero attached hydrogens (tertiary/aromatic N) is 6. The molecule has 0 radical (unpaired) electrons. The smallest absolute Gasteiger partial charge is 0.245 e. The molecule has 1 unspecified atom stereocenters. The zero-order chi connectivity index (χ0) is 20.3. The Morgan fingerprint density at radius 1 is 1.17 bits per heavy atom. The van der Waals surface area contributed by atoms with Gasteiger partial charge in [0.05, 0.1) is 24.9 Å². The molecule has 10 heteroatoms. The standard InChI is InChI=1S/C20H22Cl2N6O2/c21-17-18(24-19(22)26-25-17)28-10-20(11-28)7-12(8-20)30-15-1-3-23-13-2-4-27-5-6-29-9-14(27)16(13)15/h1,3,12,14H,2,4-11H2. The van der Waals surface area contributed by atoms with E-state index in [1.165, 1.54) is 5.56 Å². The number of aromatic nitrogens is 4. The predicted molar refractivity (Wildman–Crippen MR) is 111 cm³/mol. The molecule has 6 rings (SSSR count). The summed E-state index contributed by atoms with van der Waals surface area (Å²) in [5.74, 6) is 1.60. The first-order valence-corrected chi connectivity index (χ1v) is 11.1. The second-order valence-electron chi connectivity index (χ2n) is 8.75. The second kappa shape index (κ2) is 7.15. The maximum Gasteiger partial charge on any atom is 0.245 e. The van der Waals surface area contributed by atoms with Crippen LogP contribution in [0.2, 0.25) is 10.4 Å². The first-order valence-electron chi connectivity index (χ1n) is 10.4. The van der Waals surface area contributed by atoms with Crippen LogP contribution in [-0.2, 0) is 11.2 Å². The molecule has 3 aliphatic heterocycles. The molecule has 0 N–H and O–H groups in total. The van der Waals surface area contributed by atoms with E-state index in [4.69, 9.17) is 32.7 Å². The minimum Gasteiger partial charge on any atom is -0.490 e. The number of ether oxygens (including phenoxy) is 2. The third kappa shape index (κ3) is 3.12. The molecule has 0 amide bonds. The summed E-state index contributed by atoms with van der Waals surface area (Å²) in [6.07, 6.45) is 5.12. The molecule has 4 aliphatic rings. The fraction of sp³-hybridized carbons (Fsp3) is 0.600. The van der Waals surface area contributed by atoms with Crippen LogP contribution in [0.1, 0.15) is 30.1 Å². The number of fused-ring (bicyclic) bond motifs is 3. The van der Waals surface area contributed by atoms with Gasteiger partial charge in [-0.3, -0.25) is 9.88 Å². The molecule has 1 spiro atoms. The molecule has 2 saturated heterocycles. The van der Waals surface area contributed by atoms with E-state index in [-0.39, 0.29) is 22.8 Å². The average molecular weight is 449 g/mol. The molecule has 0 aromatic carbocycles. The Labute approximate surface area is 184 Å². The zero-order valence-electron chi connectivity index (χ0n) is 16.4. The van der Waals surface area contributed by atoms with Crippen molar-refractivity contribution in [3.05, 3.63) is 34.0 Å². The van der Waals surface area contributed by atoms with Crippen LogP contribution >= 0.6 is 23.2 Å². The summed E-state index contributed by atoms with van der Waals surface area (Å²) in [6, 6.07) is 2.28. The molecule has 158 valence electrons. The summed E-state index contributed by atoms with van der Waals surface area (Å²) in [5.41, 5.74) is 2.65. The van der Waals surface area contributed by atoms with Gasteiger partial charge in [0.15, 0.2) is 11.0 Å². The number of pyridine rings is 1. The molecule has 30 heavy (non-hydrogen) atoms. The fourth-order valence-electron chi connectivity index (χ4n) is 5.40. The number of hydrogen-bond acceptors (Lipinski definition) is 8. The number of morpholine rings is 1. The lowest BCUT2D eigenvalue weighted by Gasteiger charge is -2.59. The lowest BCUT2D eigenvalue weighted by atomic mass is 9.61. The van der Waals surface area contributed by atoms with E-state index < -0.39 is 0 Å². The highest BCUT2D eigenvalue weighted by atomic mass is 35.5. The largest absolute Gasteiger partial charge is 0.490 e. The van der Waals surface area contributed by atoms with Gasteiger partial charge in [-0.2, -0.15) is 4.98 Å². The molecular formula is C20H22Cl2N6O2. The molecule has 2 aromatic heterocycles. The molecular weight excluding hydrogens is 427 g/mol. The number of anilines is 1. The van der Waals surface area contributed by atoms with Gasteiger partial charge >= 0.3 is 0 Å². The van der Waals surface area contributed by atoms with Crippen molar-refractivity contribution in [1.82, 2.24) is 25.1 Å². The topological polar surface area (TPSA) is 76.5 Å². The Kier molecular flexibility index (Phi) is 4.53. The van der Waals surface area contributed by atoms with Crippen LogP contribution in [0, 0.1) is 5.41 Å². The second-order valence-corrected chi connectivity index (χ2v) is 9.44. The van der Waals surface area contributed by atoms with Gasteiger partial charge in [-0.05, 0) is 30.5 Å². The van der Waals surface area contributed by atoms with Gasteiger partial charge in [-0.1, -0.05) is 11.6 Å². The summed E-state index contributed by atoms with van der Waals surface area (Å²) in [6.45, 7) is 5.33. The summed E-state index contributed by atoms with van der Waals surface area (Å²) < 4.78 is 12.2. The van der Waals surface area contributed by atoms with Crippen molar-refractivity contribution in [2.24, 2.45) is 5.41 Å². The van der Waals surface area contributed by atoms with Gasteiger partial charge < -0.3 is 14.4 Å². The third-order valence-corrected chi connectivity index (χ3v) is 7.22. The monoisotopic (exact) mass is 448 g/mol. The van der Waals surface area contributed by atoms with E-state index in [0.29, 0.717) is 11.0 Å². The molecule has 0 bridgehead atoms. The van der Waals surface area contributed by atoms with E-state index in [1.54, 1.807) is 0 Å². The molecule has 1 saturated carbocycles.